The zero-order valence-electron chi connectivity index (χ0n) is 10.1. The van der Waals surface area contributed by atoms with Crippen molar-refractivity contribution in [3.8, 4) is 6.07 Å². The maximum atomic E-state index is 9.04. The Labute approximate surface area is 115 Å². The molecule has 0 fully saturated rings. The molecule has 1 aromatic heterocycles. The largest absolute Gasteiger partial charge is 0.373 e. The van der Waals surface area contributed by atoms with Crippen LogP contribution in [0.1, 0.15) is 5.56 Å². The minimum absolute atomic E-state index is 0.134. The third-order valence-corrected chi connectivity index (χ3v) is 2.60. The third kappa shape index (κ3) is 3.03. The van der Waals surface area contributed by atoms with Crippen molar-refractivity contribution in [3.63, 3.8) is 0 Å². The maximum absolute atomic E-state index is 9.04. The highest BCUT2D eigenvalue weighted by atomic mass is 35.5. The van der Waals surface area contributed by atoms with Crippen LogP contribution in [0.3, 0.4) is 0 Å². The summed E-state index contributed by atoms with van der Waals surface area (Å²) >= 11 is 5.91. The Bertz CT molecular complexity index is 649. The van der Waals surface area contributed by atoms with Crippen molar-refractivity contribution in [3.05, 3.63) is 34.9 Å². The first-order chi connectivity index (χ1) is 9.12. The van der Waals surface area contributed by atoms with E-state index in [9.17, 15) is 0 Å². The minimum Gasteiger partial charge on any atom is -0.373 e. The van der Waals surface area contributed by atoms with E-state index in [-0.39, 0.29) is 5.95 Å². The summed E-state index contributed by atoms with van der Waals surface area (Å²) < 4.78 is 0. The number of nitrogens with zero attached hydrogens (tertiary/aromatic N) is 3. The van der Waals surface area contributed by atoms with Crippen molar-refractivity contribution in [2.24, 2.45) is 0 Å². The molecule has 4 N–H and O–H groups in total. The third-order valence-electron chi connectivity index (χ3n) is 2.36. The van der Waals surface area contributed by atoms with Crippen molar-refractivity contribution in [1.82, 2.24) is 9.97 Å². The summed E-state index contributed by atoms with van der Waals surface area (Å²) in [4.78, 5) is 8.02. The van der Waals surface area contributed by atoms with Gasteiger partial charge in [0.25, 0.3) is 0 Å². The van der Waals surface area contributed by atoms with Crippen LogP contribution >= 0.6 is 11.6 Å². The normalized spacial score (nSPS) is 9.74. The van der Waals surface area contributed by atoms with Gasteiger partial charge in [-0.15, -0.1) is 0 Å². The van der Waals surface area contributed by atoms with Crippen molar-refractivity contribution < 1.29 is 0 Å². The Morgan fingerprint density at radius 3 is 2.68 bits per heavy atom. The van der Waals surface area contributed by atoms with E-state index >= 15 is 0 Å². The Kier molecular flexibility index (Phi) is 3.68. The minimum atomic E-state index is 0.134. The summed E-state index contributed by atoms with van der Waals surface area (Å²) in [7, 11) is 1.73. The number of aromatic nitrogens is 2. The van der Waals surface area contributed by atoms with Crippen molar-refractivity contribution in [1.29, 1.82) is 5.26 Å². The topological polar surface area (TPSA) is 99.6 Å². The van der Waals surface area contributed by atoms with E-state index in [4.69, 9.17) is 22.6 Å². The average molecular weight is 275 g/mol. The number of hydrogen-bond donors (Lipinski definition) is 3. The molecular weight excluding hydrogens is 264 g/mol. The highest BCUT2D eigenvalue weighted by Gasteiger charge is 2.06. The van der Waals surface area contributed by atoms with Crippen LogP contribution in [-0.2, 0) is 0 Å². The van der Waals surface area contributed by atoms with Gasteiger partial charge in [-0.25, -0.2) is 0 Å². The van der Waals surface area contributed by atoms with Gasteiger partial charge >= 0.3 is 0 Å². The molecular formula is C12H11ClN6. The molecule has 19 heavy (non-hydrogen) atoms. The van der Waals surface area contributed by atoms with Crippen molar-refractivity contribution in [2.75, 3.05) is 23.4 Å². The summed E-state index contributed by atoms with van der Waals surface area (Å²) in [5.41, 5.74) is 6.63. The van der Waals surface area contributed by atoms with Gasteiger partial charge in [-0.1, -0.05) is 11.6 Å². The first-order valence-electron chi connectivity index (χ1n) is 5.41. The fraction of sp³-hybridized carbons (Fsp3) is 0.0833. The second-order valence-corrected chi connectivity index (χ2v) is 4.11. The lowest BCUT2D eigenvalue weighted by Crippen LogP contribution is -2.04. The van der Waals surface area contributed by atoms with Crippen LogP contribution in [0.2, 0.25) is 5.02 Å². The molecule has 1 heterocycles. The predicted octanol–water partition coefficient (Wildman–Crippen LogP) is 2.37. The van der Waals surface area contributed by atoms with Crippen LogP contribution in [0.5, 0.6) is 0 Å². The maximum Gasteiger partial charge on any atom is 0.223 e. The summed E-state index contributed by atoms with van der Waals surface area (Å²) in [6.07, 6.45) is 0. The molecule has 0 aliphatic heterocycles. The van der Waals surface area contributed by atoms with Gasteiger partial charge in [0.2, 0.25) is 5.95 Å². The van der Waals surface area contributed by atoms with E-state index in [0.717, 1.165) is 0 Å². The number of nitrogen functional groups attached to an aromatic ring is 1. The molecule has 6 nitrogen and oxygen atoms in total. The van der Waals surface area contributed by atoms with Crippen molar-refractivity contribution in [2.45, 2.75) is 0 Å². The molecule has 1 aromatic carbocycles. The Morgan fingerprint density at radius 1 is 1.26 bits per heavy atom. The Morgan fingerprint density at radius 2 is 2.00 bits per heavy atom. The van der Waals surface area contributed by atoms with Gasteiger partial charge < -0.3 is 16.4 Å². The number of halogens is 1. The highest BCUT2D eigenvalue weighted by molar-refractivity contribution is 6.30. The molecule has 96 valence electrons. The second kappa shape index (κ2) is 5.42. The fourth-order valence-electron chi connectivity index (χ4n) is 1.51. The second-order valence-electron chi connectivity index (χ2n) is 3.67. The monoisotopic (exact) mass is 274 g/mol. The standard InChI is InChI=1S/C12H11ClN6/c1-16-10-5-11(19-12(15)18-10)17-9-4-8(13)3-2-7(9)6-14/h2-5H,1H3,(H4,15,16,17,18,19). The van der Waals surface area contributed by atoms with E-state index in [1.165, 1.54) is 0 Å². The highest BCUT2D eigenvalue weighted by Crippen LogP contribution is 2.24. The van der Waals surface area contributed by atoms with E-state index < -0.39 is 0 Å². The smallest absolute Gasteiger partial charge is 0.223 e. The first-order valence-corrected chi connectivity index (χ1v) is 5.79. The van der Waals surface area contributed by atoms with Crippen molar-refractivity contribution >= 4 is 34.9 Å². The van der Waals surface area contributed by atoms with E-state index in [0.29, 0.717) is 27.9 Å². The average Bonchev–Trinajstić information content (AvgIpc) is 2.38. The molecule has 0 unspecified atom stereocenters. The molecule has 0 amide bonds. The summed E-state index contributed by atoms with van der Waals surface area (Å²) in [5, 5.41) is 15.4. The van der Waals surface area contributed by atoms with Crippen LogP contribution < -0.4 is 16.4 Å². The van der Waals surface area contributed by atoms with Gasteiger partial charge in [-0.3, -0.25) is 0 Å². The molecule has 0 saturated heterocycles. The summed E-state index contributed by atoms with van der Waals surface area (Å²) in [5.74, 6) is 1.20. The molecule has 0 aliphatic rings. The predicted molar refractivity (Wildman–Crippen MR) is 75.4 cm³/mol. The number of nitriles is 1. The zero-order valence-corrected chi connectivity index (χ0v) is 10.9. The molecule has 0 bridgehead atoms. The quantitative estimate of drug-likeness (QED) is 0.794. The SMILES string of the molecule is CNc1cc(Nc2cc(Cl)ccc2C#N)nc(N)n1. The summed E-state index contributed by atoms with van der Waals surface area (Å²) in [6, 6.07) is 8.69. The van der Waals surface area contributed by atoms with Gasteiger partial charge in [0, 0.05) is 18.1 Å². The molecule has 0 aliphatic carbocycles. The molecule has 2 rings (SSSR count). The lowest BCUT2D eigenvalue weighted by molar-refractivity contribution is 1.17. The molecule has 0 spiro atoms. The van der Waals surface area contributed by atoms with E-state index in [1.54, 1.807) is 31.3 Å². The molecule has 0 saturated carbocycles. The lowest BCUT2D eigenvalue weighted by Gasteiger charge is -2.09. The van der Waals surface area contributed by atoms with Gasteiger partial charge in [-0.05, 0) is 18.2 Å². The van der Waals surface area contributed by atoms with Crippen LogP contribution in [0.25, 0.3) is 0 Å². The summed E-state index contributed by atoms with van der Waals surface area (Å²) in [6.45, 7) is 0. The van der Waals surface area contributed by atoms with Gasteiger partial charge in [0.15, 0.2) is 0 Å². The number of hydrogen-bond acceptors (Lipinski definition) is 6. The fourth-order valence-corrected chi connectivity index (χ4v) is 1.69. The van der Waals surface area contributed by atoms with Crippen LogP contribution in [-0.4, -0.2) is 17.0 Å². The molecule has 7 heteroatoms. The Hall–Kier alpha value is -2.52. The number of nitrogens with one attached hydrogen (secondary N) is 2. The number of anilines is 4. The molecule has 2 aromatic rings. The molecule has 0 radical (unpaired) electrons. The Balaban J connectivity index is 2.38. The molecule has 0 atom stereocenters. The van der Waals surface area contributed by atoms with Gasteiger partial charge in [-0.2, -0.15) is 15.2 Å². The van der Waals surface area contributed by atoms with Gasteiger partial charge in [0.1, 0.15) is 17.7 Å². The zero-order chi connectivity index (χ0) is 13.8. The lowest BCUT2D eigenvalue weighted by atomic mass is 10.2. The van der Waals surface area contributed by atoms with Crippen LogP contribution in [0.15, 0.2) is 24.3 Å². The number of benzene rings is 1. The van der Waals surface area contributed by atoms with E-state index in [2.05, 4.69) is 26.7 Å². The van der Waals surface area contributed by atoms with Crippen LogP contribution in [0.4, 0.5) is 23.3 Å². The number of nitrogens with two attached hydrogens (primary N) is 1. The van der Waals surface area contributed by atoms with E-state index in [1.807, 2.05) is 0 Å². The first kappa shape index (κ1) is 12.9. The van der Waals surface area contributed by atoms with Crippen LogP contribution in [0, 0.1) is 11.3 Å². The number of rotatable bonds is 3. The van der Waals surface area contributed by atoms with Gasteiger partial charge in [0.05, 0.1) is 11.3 Å².